The van der Waals surface area contributed by atoms with Crippen LogP contribution in [0.3, 0.4) is 0 Å². The molecule has 0 spiro atoms. The highest BCUT2D eigenvalue weighted by Crippen LogP contribution is 2.52. The Hall–Kier alpha value is -7.28. The number of hydrogen-bond donors (Lipinski definition) is 0. The lowest BCUT2D eigenvalue weighted by molar-refractivity contribution is 0.584. The third-order valence-electron chi connectivity index (χ3n) is 11.9. The average molecular weight is 959 g/mol. The summed E-state index contributed by atoms with van der Waals surface area (Å²) < 4.78 is 305. The zero-order chi connectivity index (χ0) is 75.2. The molecule has 0 N–H and O–H groups in total. The van der Waals surface area contributed by atoms with Gasteiger partial charge in [-0.15, -0.1) is 11.3 Å². The Morgan fingerprint density at radius 3 is 1.54 bits per heavy atom. The van der Waals surface area contributed by atoms with Crippen molar-refractivity contribution in [3.05, 3.63) is 204 Å². The Kier molecular flexibility index (Phi) is 5.03. The molecule has 4 nitrogen and oxygen atoms in total. The maximum Gasteiger partial charge on any atom is 0.269 e. The smallest absolute Gasteiger partial charge is 0.269 e. The van der Waals surface area contributed by atoms with Gasteiger partial charge in [-0.05, 0) is 128 Å². The van der Waals surface area contributed by atoms with Crippen LogP contribution in [0.5, 0.6) is 0 Å². The number of thiophene rings is 1. The lowest BCUT2D eigenvalue weighted by Crippen LogP contribution is -2.60. The third kappa shape index (κ3) is 7.26. The number of hydrogen-bond acceptors (Lipinski definition) is 5. The molecule has 0 aliphatic carbocycles. The van der Waals surface area contributed by atoms with E-state index in [0.717, 1.165) is 9.80 Å². The van der Waals surface area contributed by atoms with Gasteiger partial charge in [0.2, 0.25) is 5.88 Å². The highest BCUT2D eigenvalue weighted by Gasteiger charge is 2.48. The van der Waals surface area contributed by atoms with Crippen molar-refractivity contribution in [1.82, 2.24) is 0 Å². The molecule has 0 unspecified atom stereocenters. The molecule has 0 saturated carbocycles. The van der Waals surface area contributed by atoms with Gasteiger partial charge in [0.1, 0.15) is 5.58 Å². The maximum absolute atomic E-state index is 11.2. The Morgan fingerprint density at radius 2 is 0.986 bits per heavy atom. The van der Waals surface area contributed by atoms with Gasteiger partial charge in [-0.1, -0.05) is 171 Å². The summed E-state index contributed by atoms with van der Waals surface area (Å²) in [5.41, 5.74) is -13.8. The topological polar surface area (TPSA) is 22.9 Å². The Balaban J connectivity index is 1.47. The van der Waals surface area contributed by atoms with Gasteiger partial charge in [0.05, 0.1) is 53.9 Å². The predicted molar refractivity (Wildman–Crippen MR) is 302 cm³/mol. The molecule has 344 valence electrons. The molecule has 0 radical (unpaired) electrons. The first-order valence-corrected chi connectivity index (χ1v) is 23.0. The molecule has 2 aliphatic heterocycles. The summed E-state index contributed by atoms with van der Waals surface area (Å²) in [7, 11) is 0. The lowest BCUT2D eigenvalue weighted by atomic mass is 9.36. The number of benzene rings is 8. The number of fused-ring (bicyclic) bond motifs is 8. The minimum absolute atomic E-state index is 0.0605. The summed E-state index contributed by atoms with van der Waals surface area (Å²) in [6.45, 7) is 12.7. The number of para-hydroxylation sites is 2. The van der Waals surface area contributed by atoms with Crippen molar-refractivity contribution in [3.63, 3.8) is 0 Å². The van der Waals surface area contributed by atoms with E-state index < -0.39 is 289 Å². The van der Waals surface area contributed by atoms with Crippen molar-refractivity contribution in [1.29, 1.82) is 0 Å². The molecule has 4 heterocycles. The molecular formula is C64H58BN3OS. The van der Waals surface area contributed by atoms with Crippen molar-refractivity contribution in [2.45, 2.75) is 78.6 Å². The van der Waals surface area contributed by atoms with Crippen LogP contribution in [-0.2, 0) is 16.2 Å². The van der Waals surface area contributed by atoms with Crippen LogP contribution in [0.2, 0.25) is 0 Å². The first-order chi connectivity index (χ1) is 46.6. The monoisotopic (exact) mass is 959 g/mol. The maximum atomic E-state index is 11.2. The van der Waals surface area contributed by atoms with Crippen LogP contribution in [0.25, 0.3) is 32.2 Å². The van der Waals surface area contributed by atoms with E-state index in [1.807, 2.05) is 0 Å². The molecule has 0 atom stereocenters. The van der Waals surface area contributed by atoms with Gasteiger partial charge >= 0.3 is 0 Å². The van der Waals surface area contributed by atoms with Gasteiger partial charge in [-0.25, -0.2) is 0 Å². The summed E-state index contributed by atoms with van der Waals surface area (Å²) >= 11 is 0.600. The number of furan rings is 1. The van der Waals surface area contributed by atoms with E-state index >= 15 is 0 Å². The fraction of sp³-hybridized carbons (Fsp3) is 0.188. The second kappa shape index (κ2) is 16.1. The summed E-state index contributed by atoms with van der Waals surface area (Å²) in [6, 6.07) is -28.8. The molecule has 8 aromatic carbocycles. The van der Waals surface area contributed by atoms with Gasteiger partial charge < -0.3 is 14.2 Å². The van der Waals surface area contributed by atoms with Crippen LogP contribution in [0.1, 0.15) is 121 Å². The van der Waals surface area contributed by atoms with Crippen molar-refractivity contribution in [2.24, 2.45) is 0 Å². The average Bonchev–Trinajstić information content (AvgIpc) is 1.59. The van der Waals surface area contributed by atoms with E-state index in [1.54, 1.807) is 62.3 Å². The van der Waals surface area contributed by atoms with E-state index in [-0.39, 0.29) is 37.0 Å². The summed E-state index contributed by atoms with van der Waals surface area (Å²) in [5.74, 6) is -0.664. The van der Waals surface area contributed by atoms with Crippen molar-refractivity contribution < 1.29 is 46.9 Å². The molecule has 6 heteroatoms. The van der Waals surface area contributed by atoms with Gasteiger partial charge in [0.15, 0.2) is 0 Å². The molecule has 0 amide bonds. The third-order valence-corrected chi connectivity index (χ3v) is 13.1. The standard InChI is InChI=1S/C64H58BN3OS/c1-62(2,3)43-26-31-48(32-27-43)67-53-39-50(66(46-21-15-11-16-22-46)47-23-17-12-18-24-47)40-54-58(53)65(60-59(67)52-37-42(25-36-56(52)70-60)41-19-13-10-14-20-41)57-51-35-30-45(64(7,8)9)38-55(51)69-61(57)68(54)49-33-28-44(29-34-49)63(4,5)6/h10-40H,1-9H3/i10D,11D,12D,13D,14D,15D,16D,17D,18D,19D,20D,21D,22D,23D,24D,25D,26D,27D,28D,29D,30D,31D,32D,33D,34D,35D,36D,37D,38D,39D,40D. The van der Waals surface area contributed by atoms with E-state index in [2.05, 4.69) is 0 Å². The molecular weight excluding hydrogens is 870 g/mol. The van der Waals surface area contributed by atoms with E-state index in [1.165, 1.54) is 0 Å². The van der Waals surface area contributed by atoms with Crippen molar-refractivity contribution in [3.8, 4) is 11.1 Å². The van der Waals surface area contributed by atoms with Crippen molar-refractivity contribution >= 4 is 106 Å². The second-order valence-electron chi connectivity index (χ2n) is 19.8. The Bertz CT molecular complexity index is 5280. The second-order valence-corrected chi connectivity index (χ2v) is 20.9. The zero-order valence-electron chi connectivity index (χ0n) is 70.2. The molecule has 0 fully saturated rings. The van der Waals surface area contributed by atoms with Crippen LogP contribution in [-0.4, -0.2) is 6.71 Å². The normalized spacial score (nSPS) is 19.6. The van der Waals surface area contributed by atoms with Gasteiger partial charge in [0.25, 0.3) is 6.71 Å². The number of rotatable bonds is 6. The zero-order valence-corrected chi connectivity index (χ0v) is 40.1. The molecule has 10 aromatic rings. The van der Waals surface area contributed by atoms with Crippen molar-refractivity contribution in [2.75, 3.05) is 14.7 Å². The SMILES string of the molecule is [2H]c1c([2H])c([2H])c(-c2c([2H])c([2H])c3sc4c(c3c2[2H])N(c2c([2H])c([2H])c(C(C)(C)C)c([2H])c2[2H])c2c([2H])c(N(c3c([2H])c([2H])c([2H])c([2H])c3[2H])c3c([2H])c([2H])c([2H])c([2H])c3[2H])c([2H])c3c2B4c2c(oc4c([2H])c(C(C)(C)C)c([2H])c([2H])c24)N3c2c([2H])c([2H])c(C(C)(C)C)c([2H])c2[2H])c([2H])c1[2H]. The Morgan fingerprint density at radius 1 is 0.471 bits per heavy atom. The lowest BCUT2D eigenvalue weighted by Gasteiger charge is -2.42. The molecule has 70 heavy (non-hydrogen) atoms. The highest BCUT2D eigenvalue weighted by atomic mass is 32.1. The largest absolute Gasteiger partial charge is 0.440 e. The van der Waals surface area contributed by atoms with Crippen LogP contribution < -0.4 is 30.4 Å². The number of anilines is 9. The molecule has 2 aliphatic rings. The first-order valence-electron chi connectivity index (χ1n) is 37.7. The molecule has 0 bridgehead atoms. The Labute approximate surface area is 461 Å². The first kappa shape index (κ1) is 21.8. The molecule has 2 aromatic heterocycles. The van der Waals surface area contributed by atoms with Crippen LogP contribution in [0.15, 0.2) is 192 Å². The summed E-state index contributed by atoms with van der Waals surface area (Å²) in [6.07, 6.45) is 0. The van der Waals surface area contributed by atoms with Crippen LogP contribution >= 0.6 is 11.3 Å². The minimum atomic E-state index is -1.90. The number of nitrogens with zero attached hydrogens (tertiary/aromatic N) is 3. The summed E-state index contributed by atoms with van der Waals surface area (Å²) in [5, 5.41) is -0.912. The van der Waals surface area contributed by atoms with Gasteiger partial charge in [-0.2, -0.15) is 0 Å². The quantitative estimate of drug-likeness (QED) is 0.155. The van der Waals surface area contributed by atoms with E-state index in [0.29, 0.717) is 16.2 Å². The van der Waals surface area contributed by atoms with Crippen LogP contribution in [0, 0.1) is 0 Å². The predicted octanol–water partition coefficient (Wildman–Crippen LogP) is 16.8. The van der Waals surface area contributed by atoms with Crippen LogP contribution in [0.4, 0.5) is 51.4 Å². The molecule has 0 saturated heterocycles. The van der Waals surface area contributed by atoms with Gasteiger partial charge in [0, 0.05) is 59.8 Å². The van der Waals surface area contributed by atoms with E-state index in [4.69, 9.17) is 16.8 Å². The summed E-state index contributed by atoms with van der Waals surface area (Å²) in [4.78, 5) is 2.21. The fourth-order valence-electron chi connectivity index (χ4n) is 8.49. The fourth-order valence-corrected chi connectivity index (χ4v) is 9.70. The van der Waals surface area contributed by atoms with Gasteiger partial charge in [-0.3, -0.25) is 4.90 Å². The molecule has 12 rings (SSSR count). The van der Waals surface area contributed by atoms with E-state index in [9.17, 15) is 30.2 Å². The highest BCUT2D eigenvalue weighted by molar-refractivity contribution is 7.34. The minimum Gasteiger partial charge on any atom is -0.440 e.